The highest BCUT2D eigenvalue weighted by Crippen LogP contribution is 2.41. The van der Waals surface area contributed by atoms with Crippen molar-refractivity contribution in [3.8, 4) is 39.6 Å². The molecule has 0 bridgehead atoms. The van der Waals surface area contributed by atoms with Crippen LogP contribution in [0, 0.1) is 0 Å². The fourth-order valence-electron chi connectivity index (χ4n) is 8.75. The maximum absolute atomic E-state index is 5.42. The molecule has 4 nitrogen and oxygen atoms in total. The molecule has 0 spiro atoms. The minimum Gasteiger partial charge on any atom is -0.308 e. The van der Waals surface area contributed by atoms with Gasteiger partial charge in [0.15, 0.2) is 17.5 Å². The number of benzene rings is 7. The van der Waals surface area contributed by atoms with Crippen molar-refractivity contribution in [3.05, 3.63) is 179 Å². The van der Waals surface area contributed by atoms with Crippen molar-refractivity contribution in [2.24, 2.45) is 0 Å². The van der Waals surface area contributed by atoms with E-state index in [1.54, 1.807) is 0 Å². The summed E-state index contributed by atoms with van der Waals surface area (Å²) >= 11 is 3.69. The van der Waals surface area contributed by atoms with E-state index in [0.29, 0.717) is 11.6 Å². The average molecular weight is 765 g/mol. The van der Waals surface area contributed by atoms with Crippen molar-refractivity contribution < 1.29 is 0 Å². The maximum atomic E-state index is 5.42. The van der Waals surface area contributed by atoms with Crippen molar-refractivity contribution >= 4 is 86.4 Å². The fraction of sp³-hybridized carbons (Fsp3) is 0.0392. The highest BCUT2D eigenvalue weighted by atomic mass is 32.1. The van der Waals surface area contributed by atoms with Crippen molar-refractivity contribution in [2.75, 3.05) is 0 Å². The third-order valence-corrected chi connectivity index (χ3v) is 13.8. The number of aromatic nitrogens is 4. The molecule has 4 heterocycles. The molecule has 0 atom stereocenters. The quantitative estimate of drug-likeness (QED) is 0.175. The first-order valence-electron chi connectivity index (χ1n) is 19.3. The third-order valence-electron chi connectivity index (χ3n) is 11.4. The molecule has 4 aromatic heterocycles. The molecule has 1 aliphatic carbocycles. The van der Waals surface area contributed by atoms with Crippen molar-refractivity contribution in [1.82, 2.24) is 19.5 Å². The van der Waals surface area contributed by atoms with Gasteiger partial charge in [0.2, 0.25) is 0 Å². The molecular weight excluding hydrogens is 733 g/mol. The second kappa shape index (κ2) is 12.9. The summed E-state index contributed by atoms with van der Waals surface area (Å²) in [4.78, 5) is 16.0. The van der Waals surface area contributed by atoms with Crippen molar-refractivity contribution in [3.63, 3.8) is 0 Å². The average Bonchev–Trinajstić information content (AvgIpc) is 3.97. The molecule has 0 saturated carbocycles. The van der Waals surface area contributed by atoms with Crippen LogP contribution < -0.4 is 9.75 Å². The van der Waals surface area contributed by atoms with E-state index < -0.39 is 0 Å². The SMILES string of the molecule is C1=c2c(sc3c2ccc2c4ccccc4n(-c4ccccc4)c23)=C(c2nc(-c3ccc(-c4ccccc4)cc3)nc(-c3cccc4sc5ccccc5c34)n2)CC1. The molecule has 0 N–H and O–H groups in total. The number of fused-ring (bicyclic) bond motifs is 10. The zero-order chi connectivity index (χ0) is 37.5. The predicted octanol–water partition coefficient (Wildman–Crippen LogP) is 12.3. The number of hydrogen-bond donors (Lipinski definition) is 0. The summed E-state index contributed by atoms with van der Waals surface area (Å²) in [6.07, 6.45) is 4.19. The van der Waals surface area contributed by atoms with Crippen molar-refractivity contribution in [2.45, 2.75) is 12.8 Å². The van der Waals surface area contributed by atoms with E-state index in [2.05, 4.69) is 174 Å². The Labute approximate surface area is 336 Å². The Bertz CT molecular complexity index is 3510. The molecule has 1 aliphatic rings. The lowest BCUT2D eigenvalue weighted by Crippen LogP contribution is -2.26. The van der Waals surface area contributed by atoms with E-state index in [1.165, 1.54) is 73.0 Å². The van der Waals surface area contributed by atoms with Gasteiger partial charge >= 0.3 is 0 Å². The topological polar surface area (TPSA) is 43.6 Å². The summed E-state index contributed by atoms with van der Waals surface area (Å²) in [5, 5.41) is 7.51. The summed E-state index contributed by atoms with van der Waals surface area (Å²) in [6.45, 7) is 0. The van der Waals surface area contributed by atoms with Gasteiger partial charge in [-0.1, -0.05) is 140 Å². The normalized spacial score (nSPS) is 12.9. The van der Waals surface area contributed by atoms with Crippen LogP contribution >= 0.6 is 22.7 Å². The van der Waals surface area contributed by atoms with E-state index in [-0.39, 0.29) is 0 Å². The van der Waals surface area contributed by atoms with Gasteiger partial charge in [0.05, 0.1) is 15.7 Å². The van der Waals surface area contributed by atoms with Crippen LogP contribution in [-0.4, -0.2) is 19.5 Å². The monoisotopic (exact) mass is 764 g/mol. The number of thiophene rings is 2. The zero-order valence-corrected chi connectivity index (χ0v) is 32.3. The Morgan fingerprint density at radius 3 is 2.00 bits per heavy atom. The molecule has 0 amide bonds. The first-order chi connectivity index (χ1) is 28.3. The molecule has 0 saturated heterocycles. The van der Waals surface area contributed by atoms with Gasteiger partial charge in [-0.15, -0.1) is 22.7 Å². The molecule has 268 valence electrons. The first-order valence-corrected chi connectivity index (χ1v) is 21.0. The van der Waals surface area contributed by atoms with Crippen LogP contribution in [0.3, 0.4) is 0 Å². The summed E-state index contributed by atoms with van der Waals surface area (Å²) in [6, 6.07) is 58.5. The smallest absolute Gasteiger partial charge is 0.164 e. The van der Waals surface area contributed by atoms with Crippen LogP contribution in [0.1, 0.15) is 18.7 Å². The summed E-state index contributed by atoms with van der Waals surface area (Å²) < 4.78 is 7.47. The van der Waals surface area contributed by atoms with Gasteiger partial charge in [0.1, 0.15) is 0 Å². The van der Waals surface area contributed by atoms with Crippen LogP contribution in [0.15, 0.2) is 164 Å². The van der Waals surface area contributed by atoms with Crippen LogP contribution in [0.2, 0.25) is 0 Å². The Hall–Kier alpha value is -6.73. The summed E-state index contributed by atoms with van der Waals surface area (Å²) in [5.41, 5.74) is 9.15. The van der Waals surface area contributed by atoms with E-state index >= 15 is 0 Å². The van der Waals surface area contributed by atoms with Gasteiger partial charge in [-0.2, -0.15) is 0 Å². The van der Waals surface area contributed by atoms with Gasteiger partial charge in [0, 0.05) is 63.3 Å². The lowest BCUT2D eigenvalue weighted by Gasteiger charge is -2.13. The minimum atomic E-state index is 0.683. The maximum Gasteiger partial charge on any atom is 0.164 e. The van der Waals surface area contributed by atoms with Crippen molar-refractivity contribution in [1.29, 1.82) is 0 Å². The molecular formula is C51H32N4S2. The van der Waals surface area contributed by atoms with Gasteiger partial charge in [-0.05, 0) is 59.5 Å². The van der Waals surface area contributed by atoms with E-state index in [1.807, 2.05) is 22.7 Å². The highest BCUT2D eigenvalue weighted by molar-refractivity contribution is 7.26. The van der Waals surface area contributed by atoms with Crippen LogP contribution in [0.4, 0.5) is 0 Å². The predicted molar refractivity (Wildman–Crippen MR) is 241 cm³/mol. The summed E-state index contributed by atoms with van der Waals surface area (Å²) in [7, 11) is 0. The second-order valence-corrected chi connectivity index (χ2v) is 16.7. The Kier molecular flexibility index (Phi) is 7.37. The van der Waals surface area contributed by atoms with Gasteiger partial charge in [0.25, 0.3) is 0 Å². The minimum absolute atomic E-state index is 0.683. The Morgan fingerprint density at radius 1 is 0.474 bits per heavy atom. The number of hydrogen-bond acceptors (Lipinski definition) is 5. The largest absolute Gasteiger partial charge is 0.308 e. The van der Waals surface area contributed by atoms with E-state index in [9.17, 15) is 0 Å². The lowest BCUT2D eigenvalue weighted by molar-refractivity contribution is 0.988. The number of rotatable bonds is 5. The molecule has 11 aromatic rings. The van der Waals surface area contributed by atoms with Gasteiger partial charge in [-0.25, -0.2) is 15.0 Å². The fourth-order valence-corrected chi connectivity index (χ4v) is 11.3. The van der Waals surface area contributed by atoms with Crippen LogP contribution in [0.25, 0.3) is 103 Å². The van der Waals surface area contributed by atoms with E-state index in [0.717, 1.165) is 41.0 Å². The molecule has 0 radical (unpaired) electrons. The molecule has 12 rings (SSSR count). The summed E-state index contributed by atoms with van der Waals surface area (Å²) in [5.74, 6) is 2.13. The molecule has 57 heavy (non-hydrogen) atoms. The van der Waals surface area contributed by atoms with Gasteiger partial charge < -0.3 is 4.57 Å². The third kappa shape index (κ3) is 5.15. The molecule has 0 fully saturated rings. The molecule has 0 aliphatic heterocycles. The highest BCUT2D eigenvalue weighted by Gasteiger charge is 2.22. The number of para-hydroxylation sites is 2. The second-order valence-electron chi connectivity index (χ2n) is 14.6. The lowest BCUT2D eigenvalue weighted by atomic mass is 10.0. The van der Waals surface area contributed by atoms with Crippen LogP contribution in [-0.2, 0) is 0 Å². The zero-order valence-electron chi connectivity index (χ0n) is 30.7. The standard InChI is InChI=1S/C51H32N4S2/c1-3-13-31(14-4-1)32-25-27-33(28-26-32)49-52-50(40-20-12-24-44-45(40)39-18-8-10-23-43(39)56-44)54-51(53-49)41-21-11-19-37-38-30-29-36-35-17-7-9-22-42(35)55(34-15-5-2-6-16-34)46(36)48(38)57-47(37)41/h1-10,12-20,22-30H,11,21H2. The molecule has 0 unspecified atom stereocenters. The Balaban J connectivity index is 1.13. The number of nitrogens with zero attached hydrogens (tertiary/aromatic N) is 4. The van der Waals surface area contributed by atoms with E-state index in [4.69, 9.17) is 15.0 Å². The molecule has 7 aromatic carbocycles. The van der Waals surface area contributed by atoms with Crippen LogP contribution in [0.5, 0.6) is 0 Å². The first kappa shape index (κ1) is 32.5. The van der Waals surface area contributed by atoms with Gasteiger partial charge in [-0.3, -0.25) is 0 Å². The molecule has 6 heteroatoms. The Morgan fingerprint density at radius 2 is 1.14 bits per heavy atom.